The first-order valence-corrected chi connectivity index (χ1v) is 7.68. The van der Waals surface area contributed by atoms with E-state index in [1.54, 1.807) is 12.1 Å². The maximum Gasteiger partial charge on any atom is 0.180 e. The van der Waals surface area contributed by atoms with Gasteiger partial charge in [0.05, 0.1) is 4.47 Å². The summed E-state index contributed by atoms with van der Waals surface area (Å²) in [5.74, 6) is 0.844. The van der Waals surface area contributed by atoms with Crippen LogP contribution in [0.3, 0.4) is 0 Å². The van der Waals surface area contributed by atoms with Gasteiger partial charge in [-0.1, -0.05) is 26.0 Å². The van der Waals surface area contributed by atoms with Gasteiger partial charge in [-0.15, -0.1) is 0 Å². The minimum absolute atomic E-state index is 0.191. The van der Waals surface area contributed by atoms with E-state index in [1.165, 1.54) is 5.56 Å². The number of nitrogens with two attached hydrogens (primary N) is 1. The van der Waals surface area contributed by atoms with Gasteiger partial charge in [0.2, 0.25) is 0 Å². The van der Waals surface area contributed by atoms with E-state index in [9.17, 15) is 4.39 Å². The molecule has 2 aromatic carbocycles. The van der Waals surface area contributed by atoms with Crippen LogP contribution in [-0.4, -0.2) is 0 Å². The van der Waals surface area contributed by atoms with Crippen LogP contribution in [0.1, 0.15) is 36.5 Å². The fourth-order valence-corrected chi connectivity index (χ4v) is 2.78. The number of hydrogen-bond acceptors (Lipinski definition) is 2. The highest BCUT2D eigenvalue weighted by Gasteiger charge is 2.13. The van der Waals surface area contributed by atoms with E-state index >= 15 is 0 Å². The Kier molecular flexibility index (Phi) is 5.01. The third-order valence-electron chi connectivity index (χ3n) is 3.44. The topological polar surface area (TPSA) is 35.2 Å². The largest absolute Gasteiger partial charge is 0.454 e. The summed E-state index contributed by atoms with van der Waals surface area (Å²) < 4.78 is 20.2. The Morgan fingerprint density at radius 1 is 1.24 bits per heavy atom. The zero-order valence-electron chi connectivity index (χ0n) is 12.4. The highest BCUT2D eigenvalue weighted by molar-refractivity contribution is 9.10. The molecule has 0 aliphatic carbocycles. The molecule has 0 amide bonds. The highest BCUT2D eigenvalue weighted by Crippen LogP contribution is 2.33. The molecule has 0 atom stereocenters. The molecule has 112 valence electrons. The predicted octanol–water partition coefficient (Wildman–Crippen LogP) is 5.27. The second kappa shape index (κ2) is 6.58. The molecular formula is C17H19BrFNO. The van der Waals surface area contributed by atoms with Gasteiger partial charge in [0.25, 0.3) is 0 Å². The molecule has 0 aliphatic heterocycles. The summed E-state index contributed by atoms with van der Waals surface area (Å²) in [6, 6.07) is 9.19. The maximum atomic E-state index is 14.2. The molecule has 2 aromatic rings. The van der Waals surface area contributed by atoms with Gasteiger partial charge in [0.15, 0.2) is 11.6 Å². The second-order valence-electron chi connectivity index (χ2n) is 5.33. The van der Waals surface area contributed by atoms with Crippen molar-refractivity contribution < 1.29 is 9.13 Å². The molecular weight excluding hydrogens is 333 g/mol. The molecule has 0 aliphatic rings. The van der Waals surface area contributed by atoms with E-state index in [1.807, 2.05) is 25.1 Å². The molecule has 0 spiro atoms. The van der Waals surface area contributed by atoms with Crippen molar-refractivity contribution in [1.82, 2.24) is 0 Å². The minimum Gasteiger partial charge on any atom is -0.454 e. The van der Waals surface area contributed by atoms with E-state index < -0.39 is 5.82 Å². The van der Waals surface area contributed by atoms with Crippen LogP contribution >= 0.6 is 15.9 Å². The Morgan fingerprint density at radius 3 is 2.52 bits per heavy atom. The first kappa shape index (κ1) is 16.0. The minimum atomic E-state index is -0.427. The van der Waals surface area contributed by atoms with Gasteiger partial charge >= 0.3 is 0 Å². The number of ether oxygens (including phenoxy) is 1. The molecule has 2 nitrogen and oxygen atoms in total. The number of hydrogen-bond donors (Lipinski definition) is 1. The summed E-state index contributed by atoms with van der Waals surface area (Å²) in [5.41, 5.74) is 8.67. The fraction of sp³-hybridized carbons (Fsp3) is 0.294. The van der Waals surface area contributed by atoms with E-state index in [-0.39, 0.29) is 12.3 Å². The number of aryl methyl sites for hydroxylation is 1. The smallest absolute Gasteiger partial charge is 0.180 e. The molecule has 0 radical (unpaired) electrons. The third kappa shape index (κ3) is 3.44. The molecule has 0 heterocycles. The van der Waals surface area contributed by atoms with Crippen molar-refractivity contribution in [3.8, 4) is 11.5 Å². The third-order valence-corrected chi connectivity index (χ3v) is 4.30. The van der Waals surface area contributed by atoms with E-state index in [2.05, 4.69) is 29.8 Å². The van der Waals surface area contributed by atoms with Gasteiger partial charge in [0, 0.05) is 6.54 Å². The molecule has 0 saturated carbocycles. The van der Waals surface area contributed by atoms with Crippen LogP contribution < -0.4 is 10.5 Å². The van der Waals surface area contributed by atoms with Crippen LogP contribution in [0.25, 0.3) is 0 Å². The Morgan fingerprint density at radius 2 is 1.95 bits per heavy atom. The number of rotatable bonds is 4. The van der Waals surface area contributed by atoms with Gasteiger partial charge in [-0.2, -0.15) is 0 Å². The first-order valence-electron chi connectivity index (χ1n) is 6.89. The Labute approximate surface area is 133 Å². The van der Waals surface area contributed by atoms with E-state index in [4.69, 9.17) is 10.5 Å². The summed E-state index contributed by atoms with van der Waals surface area (Å²) in [6.45, 7) is 6.60. The summed E-state index contributed by atoms with van der Waals surface area (Å²) in [4.78, 5) is 0. The Bertz CT molecular complexity index is 655. The lowest BCUT2D eigenvalue weighted by molar-refractivity contribution is 0.439. The van der Waals surface area contributed by atoms with E-state index in [0.29, 0.717) is 21.7 Å². The average molecular weight is 352 g/mol. The SMILES string of the molecule is Cc1cc(Oc2ccc(CN)c(Br)c2F)ccc1C(C)C. The van der Waals surface area contributed by atoms with Crippen LogP contribution in [-0.2, 0) is 6.54 Å². The normalized spacial score (nSPS) is 11.0. The van der Waals surface area contributed by atoms with Crippen molar-refractivity contribution in [2.24, 2.45) is 5.73 Å². The zero-order valence-corrected chi connectivity index (χ0v) is 14.0. The summed E-state index contributed by atoms with van der Waals surface area (Å²) >= 11 is 3.21. The van der Waals surface area contributed by atoms with Gasteiger partial charge in [-0.3, -0.25) is 0 Å². The van der Waals surface area contributed by atoms with Crippen LogP contribution in [0.4, 0.5) is 4.39 Å². The van der Waals surface area contributed by atoms with Crippen LogP contribution in [0.2, 0.25) is 0 Å². The van der Waals surface area contributed by atoms with Crippen molar-refractivity contribution in [2.75, 3.05) is 0 Å². The first-order chi connectivity index (χ1) is 9.93. The Balaban J connectivity index is 2.31. The second-order valence-corrected chi connectivity index (χ2v) is 6.12. The molecule has 0 fully saturated rings. The van der Waals surface area contributed by atoms with Crippen molar-refractivity contribution in [1.29, 1.82) is 0 Å². The summed E-state index contributed by atoms with van der Waals surface area (Å²) in [5, 5.41) is 0. The molecule has 21 heavy (non-hydrogen) atoms. The summed E-state index contributed by atoms with van der Waals surface area (Å²) in [6.07, 6.45) is 0. The van der Waals surface area contributed by atoms with Gasteiger partial charge in [0.1, 0.15) is 5.75 Å². The lowest BCUT2D eigenvalue weighted by Gasteiger charge is -2.13. The molecule has 0 aromatic heterocycles. The summed E-state index contributed by atoms with van der Waals surface area (Å²) in [7, 11) is 0. The molecule has 2 N–H and O–H groups in total. The number of benzene rings is 2. The van der Waals surface area contributed by atoms with Crippen LogP contribution in [0, 0.1) is 12.7 Å². The number of halogens is 2. The lowest BCUT2D eigenvalue weighted by atomic mass is 9.98. The standard InChI is InChI=1S/C17H19BrFNO/c1-10(2)14-6-5-13(8-11(14)3)21-15-7-4-12(9-20)16(18)17(15)19/h4-8,10H,9,20H2,1-3H3. The molecule has 0 bridgehead atoms. The van der Waals surface area contributed by atoms with Gasteiger partial charge < -0.3 is 10.5 Å². The zero-order chi connectivity index (χ0) is 15.6. The fourth-order valence-electron chi connectivity index (χ4n) is 2.29. The monoisotopic (exact) mass is 351 g/mol. The maximum absolute atomic E-state index is 14.2. The van der Waals surface area contributed by atoms with Crippen molar-refractivity contribution in [3.05, 3.63) is 57.3 Å². The van der Waals surface area contributed by atoms with Crippen LogP contribution in [0.5, 0.6) is 11.5 Å². The molecule has 2 rings (SSSR count). The quantitative estimate of drug-likeness (QED) is 0.813. The molecule has 4 heteroatoms. The average Bonchev–Trinajstić information content (AvgIpc) is 2.44. The lowest BCUT2D eigenvalue weighted by Crippen LogP contribution is -2.00. The molecule has 0 unspecified atom stereocenters. The Hall–Kier alpha value is -1.39. The van der Waals surface area contributed by atoms with E-state index in [0.717, 1.165) is 5.56 Å². The van der Waals surface area contributed by atoms with Gasteiger partial charge in [-0.05, 0) is 63.7 Å². The highest BCUT2D eigenvalue weighted by atomic mass is 79.9. The molecule has 0 saturated heterocycles. The predicted molar refractivity (Wildman–Crippen MR) is 87.3 cm³/mol. The van der Waals surface area contributed by atoms with Crippen molar-refractivity contribution in [3.63, 3.8) is 0 Å². The van der Waals surface area contributed by atoms with Gasteiger partial charge in [-0.25, -0.2) is 4.39 Å². The van der Waals surface area contributed by atoms with Crippen LogP contribution in [0.15, 0.2) is 34.8 Å². The van der Waals surface area contributed by atoms with Crippen molar-refractivity contribution >= 4 is 15.9 Å². The van der Waals surface area contributed by atoms with Crippen molar-refractivity contribution in [2.45, 2.75) is 33.2 Å².